The van der Waals surface area contributed by atoms with Crippen molar-refractivity contribution in [3.05, 3.63) is 58.9 Å². The smallest absolute Gasteiger partial charge is 0.308 e. The molecule has 1 aromatic carbocycles. The molecule has 1 N–H and O–H groups in total. The van der Waals surface area contributed by atoms with Crippen LogP contribution in [0.1, 0.15) is 36.7 Å². The molecule has 0 aliphatic carbocycles. The maximum atomic E-state index is 12.9. The summed E-state index contributed by atoms with van der Waals surface area (Å²) in [6, 6.07) is 7.38. The Balaban J connectivity index is 2.04. The molecule has 1 unspecified atom stereocenters. The number of aliphatic imine (C=N–C) groups is 1. The lowest BCUT2D eigenvalue weighted by Gasteiger charge is -2.09. The van der Waals surface area contributed by atoms with E-state index in [0.717, 1.165) is 4.58 Å². The Hall–Kier alpha value is -2.49. The van der Waals surface area contributed by atoms with Crippen molar-refractivity contribution in [2.45, 2.75) is 26.7 Å². The van der Waals surface area contributed by atoms with E-state index in [0.29, 0.717) is 0 Å². The Morgan fingerprint density at radius 3 is 3.14 bits per heavy atom. The van der Waals surface area contributed by atoms with E-state index in [1.807, 2.05) is 0 Å². The fraction of sp³-hybridized carbons (Fsp3) is 0.235. The molecule has 2 aliphatic heterocycles. The van der Waals surface area contributed by atoms with Crippen LogP contribution < -0.4 is 5.32 Å². The van der Waals surface area contributed by atoms with Gasteiger partial charge in [0.15, 0.2) is 0 Å². The molecule has 3 rings (SSSR count). The largest absolute Gasteiger partial charge is 0.345 e. The van der Waals surface area contributed by atoms with Gasteiger partial charge in [-0.05, 0) is 23.0 Å². The number of amidine groups is 1. The first kappa shape index (κ1) is 6.98. The number of hydrogen-bond acceptors (Lipinski definition) is 2. The summed E-state index contributed by atoms with van der Waals surface area (Å²) in [4.78, 5) is 17.0. The zero-order valence-electron chi connectivity index (χ0n) is 19.3. The zero-order chi connectivity index (χ0) is 21.7. The summed E-state index contributed by atoms with van der Waals surface area (Å²) in [5.74, 6) is -1.04. The van der Waals surface area contributed by atoms with Gasteiger partial charge in [0, 0.05) is 18.9 Å². The predicted octanol–water partition coefficient (Wildman–Crippen LogP) is 2.38. The number of amides is 1. The molecule has 0 saturated carbocycles. The van der Waals surface area contributed by atoms with Crippen LogP contribution in [-0.4, -0.2) is 22.5 Å². The molecule has 4 heteroatoms. The van der Waals surface area contributed by atoms with Gasteiger partial charge in [0.2, 0.25) is 11.4 Å². The third kappa shape index (κ3) is 2.70. The van der Waals surface area contributed by atoms with Crippen molar-refractivity contribution in [3.8, 4) is 0 Å². The summed E-state index contributed by atoms with van der Waals surface area (Å²) in [5.41, 5.74) is -0.573. The Kier molecular flexibility index (Phi) is 1.82. The maximum Gasteiger partial charge on any atom is 0.308 e. The van der Waals surface area contributed by atoms with Gasteiger partial charge < -0.3 is 5.32 Å². The maximum absolute atomic E-state index is 12.9. The molecule has 1 atom stereocenters. The average molecular weight is 288 g/mol. The quantitative estimate of drug-likeness (QED) is 0.853. The van der Waals surface area contributed by atoms with Crippen molar-refractivity contribution < 1.29 is 20.3 Å². The van der Waals surface area contributed by atoms with Crippen LogP contribution in [0.5, 0.6) is 0 Å². The molecule has 0 spiro atoms. The lowest BCUT2D eigenvalue weighted by atomic mass is 10.2. The summed E-state index contributed by atoms with van der Waals surface area (Å²) >= 11 is 0. The normalized spacial score (nSPS) is 28.2. The second-order valence-electron chi connectivity index (χ2n) is 4.46. The Bertz CT molecular complexity index is 1010. The van der Waals surface area contributed by atoms with Gasteiger partial charge in [0.05, 0.1) is 16.7 Å². The number of allylic oxidation sites excluding steroid dienone is 2. The van der Waals surface area contributed by atoms with Gasteiger partial charge >= 0.3 is 5.84 Å². The number of hydrogen-bond donors (Lipinski definition) is 1. The molecule has 2 heterocycles. The van der Waals surface area contributed by atoms with Gasteiger partial charge in [-0.3, -0.25) is 4.79 Å². The minimum atomic E-state index is -2.82. The minimum absolute atomic E-state index is 0.1000. The molecule has 0 radical (unpaired) electrons. The van der Waals surface area contributed by atoms with E-state index < -0.39 is 43.5 Å². The summed E-state index contributed by atoms with van der Waals surface area (Å²) in [6.45, 7) is -3.62. The summed E-state index contributed by atoms with van der Waals surface area (Å²) < 4.78 is 64.4. The van der Waals surface area contributed by atoms with Crippen LogP contribution in [0.2, 0.25) is 0 Å². The highest BCUT2D eigenvalue weighted by Gasteiger charge is 2.35. The molecule has 4 nitrogen and oxygen atoms in total. The van der Waals surface area contributed by atoms with Crippen LogP contribution >= 0.6 is 0 Å². The molecule has 0 aromatic heterocycles. The lowest BCUT2D eigenvalue weighted by Crippen LogP contribution is -2.32. The highest BCUT2D eigenvalue weighted by Crippen LogP contribution is 2.21. The summed E-state index contributed by atoms with van der Waals surface area (Å²) in [5, 5.41) is 2.24. The monoisotopic (exact) mass is 288 g/mol. The summed E-state index contributed by atoms with van der Waals surface area (Å²) in [7, 11) is 0. The first-order valence-corrected chi connectivity index (χ1v) is 6.31. The average Bonchev–Trinajstić information content (AvgIpc) is 2.97. The predicted molar refractivity (Wildman–Crippen MR) is 83.1 cm³/mol. The highest BCUT2D eigenvalue weighted by atomic mass is 16.2. The molecule has 0 fully saturated rings. The second kappa shape index (κ2) is 5.48. The Labute approximate surface area is 135 Å². The number of nitrogens with zero attached hydrogens (tertiary/aromatic N) is 2. The van der Waals surface area contributed by atoms with E-state index in [9.17, 15) is 4.79 Å². The SMILES string of the molecule is [2H]C1=C(C([2H])([2H])[2H])C([2H])=[N+]2C(=NC(C)=C2C(=O)NC([2H])([2H])c2ccccc2)C1[2H]. The van der Waals surface area contributed by atoms with E-state index in [1.54, 1.807) is 18.2 Å². The molecule has 2 aliphatic rings. The molecule has 1 amide bonds. The van der Waals surface area contributed by atoms with Gasteiger partial charge in [-0.2, -0.15) is 4.58 Å². The van der Waals surface area contributed by atoms with E-state index >= 15 is 0 Å². The van der Waals surface area contributed by atoms with Crippen molar-refractivity contribution in [3.63, 3.8) is 0 Å². The second-order valence-corrected chi connectivity index (χ2v) is 4.46. The zero-order valence-corrected chi connectivity index (χ0v) is 11.3. The topological polar surface area (TPSA) is 44.5 Å². The first-order valence-electron chi connectivity index (χ1n) is 10.4. The van der Waals surface area contributed by atoms with Crippen LogP contribution in [0.25, 0.3) is 0 Å². The van der Waals surface area contributed by atoms with Crippen molar-refractivity contribution in [2.75, 3.05) is 0 Å². The molecule has 1 aromatic rings. The number of nitrogens with one attached hydrogen (secondary N) is 1. The first-order chi connectivity index (χ1) is 13.4. The molecular formula is C17H18N3O+. The fourth-order valence-electron chi connectivity index (χ4n) is 2.02. The van der Waals surface area contributed by atoms with Crippen molar-refractivity contribution in [2.24, 2.45) is 4.99 Å². The van der Waals surface area contributed by atoms with E-state index in [4.69, 9.17) is 11.0 Å². The van der Waals surface area contributed by atoms with E-state index in [-0.39, 0.29) is 22.8 Å². The van der Waals surface area contributed by atoms with Crippen molar-refractivity contribution in [1.29, 1.82) is 0 Å². The molecule has 0 bridgehead atoms. The van der Waals surface area contributed by atoms with Gasteiger partial charge in [-0.15, -0.1) is 0 Å². The number of carbonyl (C=O) groups is 1. The number of benzene rings is 1. The lowest BCUT2D eigenvalue weighted by molar-refractivity contribution is -0.337. The van der Waals surface area contributed by atoms with Crippen LogP contribution in [0.15, 0.2) is 58.3 Å². The molecule has 0 saturated heterocycles. The van der Waals surface area contributed by atoms with Crippen LogP contribution in [-0.2, 0) is 11.3 Å². The third-order valence-electron chi connectivity index (χ3n) is 2.96. The molecular weight excluding hydrogens is 262 g/mol. The van der Waals surface area contributed by atoms with Crippen LogP contribution in [0.4, 0.5) is 0 Å². The van der Waals surface area contributed by atoms with Gasteiger partial charge in [0.1, 0.15) is 1.37 Å². The molecule has 21 heavy (non-hydrogen) atoms. The Morgan fingerprint density at radius 1 is 1.57 bits per heavy atom. The van der Waals surface area contributed by atoms with Crippen LogP contribution in [0, 0.1) is 0 Å². The van der Waals surface area contributed by atoms with E-state index in [2.05, 4.69) is 10.3 Å². The van der Waals surface area contributed by atoms with E-state index in [1.165, 1.54) is 19.1 Å². The fourth-order valence-corrected chi connectivity index (χ4v) is 2.02. The third-order valence-corrected chi connectivity index (χ3v) is 2.96. The highest BCUT2D eigenvalue weighted by molar-refractivity contribution is 6.00. The number of fused-ring (bicyclic) bond motifs is 1. The standard InChI is InChI=1S/C17H17N3O/c1-12-8-9-15-19-13(2)16(20(15)11-12)17(21)18-10-14-6-4-3-5-7-14/h3-8,11H,9-10H2,1-2H3/p+1/i1D3,8D,9D,10D2,11D. The summed E-state index contributed by atoms with van der Waals surface area (Å²) in [6.07, 6.45) is -2.12. The molecule has 106 valence electrons. The minimum Gasteiger partial charge on any atom is -0.345 e. The number of rotatable bonds is 3. The van der Waals surface area contributed by atoms with Crippen LogP contribution in [0.3, 0.4) is 0 Å². The Morgan fingerprint density at radius 2 is 2.38 bits per heavy atom. The van der Waals surface area contributed by atoms with Gasteiger partial charge in [-0.25, -0.2) is 0 Å². The van der Waals surface area contributed by atoms with Crippen molar-refractivity contribution in [1.82, 2.24) is 5.32 Å². The van der Waals surface area contributed by atoms with Crippen molar-refractivity contribution >= 4 is 17.9 Å². The van der Waals surface area contributed by atoms with Gasteiger partial charge in [-0.1, -0.05) is 36.4 Å². The number of carbonyl (C=O) groups excluding carboxylic acids is 1. The van der Waals surface area contributed by atoms with Gasteiger partial charge in [0.25, 0.3) is 5.91 Å².